The molecule has 19 heavy (non-hydrogen) atoms. The van der Waals surface area contributed by atoms with Crippen LogP contribution in [0.3, 0.4) is 0 Å². The third-order valence-corrected chi connectivity index (χ3v) is 4.16. The number of sulfonamides is 1. The van der Waals surface area contributed by atoms with Gasteiger partial charge in [-0.1, -0.05) is 6.07 Å². The maximum atomic E-state index is 12.7. The van der Waals surface area contributed by atoms with Gasteiger partial charge in [0.2, 0.25) is 10.0 Å². The monoisotopic (exact) mass is 315 g/mol. The van der Waals surface area contributed by atoms with Crippen molar-refractivity contribution in [1.29, 1.82) is 0 Å². The van der Waals surface area contributed by atoms with Gasteiger partial charge in [-0.15, -0.1) is 11.6 Å². The third kappa shape index (κ3) is 4.09. The van der Waals surface area contributed by atoms with Gasteiger partial charge in [0.1, 0.15) is 0 Å². The van der Waals surface area contributed by atoms with Crippen molar-refractivity contribution in [2.75, 3.05) is 6.54 Å². The second-order valence-electron chi connectivity index (χ2n) is 4.06. The van der Waals surface area contributed by atoms with Gasteiger partial charge >= 0.3 is 6.18 Å². The Labute approximate surface area is 114 Å². The van der Waals surface area contributed by atoms with Crippen LogP contribution in [0.4, 0.5) is 13.2 Å². The SMILES string of the molecule is Cc1c(C(F)(F)F)cccc1S(=O)(=O)NCC(C)Cl. The Morgan fingerprint density at radius 2 is 1.95 bits per heavy atom. The molecular weight excluding hydrogens is 303 g/mol. The van der Waals surface area contributed by atoms with E-state index in [4.69, 9.17) is 11.6 Å². The third-order valence-electron chi connectivity index (χ3n) is 2.43. The van der Waals surface area contributed by atoms with Crippen molar-refractivity contribution in [2.24, 2.45) is 0 Å². The lowest BCUT2D eigenvalue weighted by atomic mass is 10.1. The van der Waals surface area contributed by atoms with Crippen LogP contribution in [0.5, 0.6) is 0 Å². The predicted molar refractivity (Wildman–Crippen MR) is 66.7 cm³/mol. The van der Waals surface area contributed by atoms with Crippen LogP contribution in [0.15, 0.2) is 23.1 Å². The minimum Gasteiger partial charge on any atom is -0.210 e. The predicted octanol–water partition coefficient (Wildman–Crippen LogP) is 2.92. The maximum Gasteiger partial charge on any atom is 0.416 e. The van der Waals surface area contributed by atoms with Gasteiger partial charge < -0.3 is 0 Å². The summed E-state index contributed by atoms with van der Waals surface area (Å²) in [5.41, 5.74) is -1.29. The van der Waals surface area contributed by atoms with E-state index in [0.29, 0.717) is 0 Å². The first-order valence-electron chi connectivity index (χ1n) is 5.36. The zero-order valence-electron chi connectivity index (χ0n) is 10.3. The molecule has 0 amide bonds. The maximum absolute atomic E-state index is 12.7. The van der Waals surface area contributed by atoms with Gasteiger partial charge in [0.05, 0.1) is 10.5 Å². The van der Waals surface area contributed by atoms with E-state index in [1.807, 2.05) is 0 Å². The van der Waals surface area contributed by atoms with Crippen molar-refractivity contribution in [1.82, 2.24) is 4.72 Å². The second-order valence-corrected chi connectivity index (χ2v) is 6.54. The highest BCUT2D eigenvalue weighted by molar-refractivity contribution is 7.89. The van der Waals surface area contributed by atoms with Crippen LogP contribution in [-0.4, -0.2) is 20.3 Å². The molecule has 1 atom stereocenters. The highest BCUT2D eigenvalue weighted by Crippen LogP contribution is 2.34. The van der Waals surface area contributed by atoms with Gasteiger partial charge in [0.15, 0.2) is 0 Å². The van der Waals surface area contributed by atoms with E-state index >= 15 is 0 Å². The molecule has 0 aliphatic heterocycles. The fourth-order valence-corrected chi connectivity index (χ4v) is 3.08. The molecule has 1 aromatic carbocycles. The standard InChI is InChI=1S/C11H13ClF3NO2S/c1-7(12)6-16-19(17,18)10-5-3-4-9(8(10)2)11(13,14)15/h3-5,7,16H,6H2,1-2H3. The van der Waals surface area contributed by atoms with Crippen LogP contribution >= 0.6 is 11.6 Å². The van der Waals surface area contributed by atoms with E-state index in [-0.39, 0.29) is 17.0 Å². The van der Waals surface area contributed by atoms with Gasteiger partial charge in [0.25, 0.3) is 0 Å². The average molecular weight is 316 g/mol. The van der Waals surface area contributed by atoms with E-state index in [0.717, 1.165) is 25.1 Å². The molecule has 1 rings (SSSR count). The molecule has 0 fully saturated rings. The first-order chi connectivity index (χ1) is 8.55. The first-order valence-corrected chi connectivity index (χ1v) is 7.28. The van der Waals surface area contributed by atoms with Crippen LogP contribution in [0.2, 0.25) is 0 Å². The lowest BCUT2D eigenvalue weighted by molar-refractivity contribution is -0.138. The van der Waals surface area contributed by atoms with E-state index in [1.165, 1.54) is 0 Å². The van der Waals surface area contributed by atoms with E-state index < -0.39 is 27.1 Å². The van der Waals surface area contributed by atoms with Crippen molar-refractivity contribution in [3.63, 3.8) is 0 Å². The van der Waals surface area contributed by atoms with Gasteiger partial charge in [-0.2, -0.15) is 13.2 Å². The van der Waals surface area contributed by atoms with Crippen molar-refractivity contribution in [3.05, 3.63) is 29.3 Å². The molecule has 0 aliphatic carbocycles. The number of benzene rings is 1. The number of hydrogen-bond donors (Lipinski definition) is 1. The molecule has 0 aromatic heterocycles. The van der Waals surface area contributed by atoms with Crippen LogP contribution in [-0.2, 0) is 16.2 Å². The number of nitrogens with one attached hydrogen (secondary N) is 1. The summed E-state index contributed by atoms with van der Waals surface area (Å²) < 4.78 is 64.1. The lowest BCUT2D eigenvalue weighted by Crippen LogP contribution is -2.29. The minimum absolute atomic E-state index is 0.0560. The zero-order chi connectivity index (χ0) is 14.8. The quantitative estimate of drug-likeness (QED) is 0.868. The highest BCUT2D eigenvalue weighted by atomic mass is 35.5. The van der Waals surface area contributed by atoms with Crippen molar-refractivity contribution in [3.8, 4) is 0 Å². The molecule has 1 N–H and O–H groups in total. The van der Waals surface area contributed by atoms with Crippen LogP contribution < -0.4 is 4.72 Å². The largest absolute Gasteiger partial charge is 0.416 e. The van der Waals surface area contributed by atoms with E-state index in [1.54, 1.807) is 6.92 Å². The molecule has 0 saturated heterocycles. The molecular formula is C11H13ClF3NO2S. The molecule has 0 heterocycles. The van der Waals surface area contributed by atoms with Crippen molar-refractivity contribution >= 4 is 21.6 Å². The fourth-order valence-electron chi connectivity index (χ4n) is 1.51. The summed E-state index contributed by atoms with van der Waals surface area (Å²) in [4.78, 5) is -0.389. The summed E-state index contributed by atoms with van der Waals surface area (Å²) >= 11 is 5.61. The summed E-state index contributed by atoms with van der Waals surface area (Å²) in [6, 6.07) is 3.04. The fraction of sp³-hybridized carbons (Fsp3) is 0.455. The normalized spacial score (nSPS) is 14.4. The number of hydrogen-bond acceptors (Lipinski definition) is 2. The van der Waals surface area contributed by atoms with E-state index in [2.05, 4.69) is 4.72 Å². The second kappa shape index (κ2) is 5.68. The van der Waals surface area contributed by atoms with Crippen LogP contribution in [0.1, 0.15) is 18.1 Å². The van der Waals surface area contributed by atoms with Crippen molar-refractivity contribution < 1.29 is 21.6 Å². The van der Waals surface area contributed by atoms with Crippen LogP contribution in [0, 0.1) is 6.92 Å². The van der Waals surface area contributed by atoms with E-state index in [9.17, 15) is 21.6 Å². The summed E-state index contributed by atoms with van der Waals surface area (Å²) in [5, 5.41) is -0.458. The minimum atomic E-state index is -4.59. The lowest BCUT2D eigenvalue weighted by Gasteiger charge is -2.15. The summed E-state index contributed by atoms with van der Waals surface area (Å²) in [7, 11) is -4.00. The summed E-state index contributed by atoms with van der Waals surface area (Å²) in [6.45, 7) is 2.64. The summed E-state index contributed by atoms with van der Waals surface area (Å²) in [6.07, 6.45) is -4.59. The van der Waals surface area contributed by atoms with Gasteiger partial charge in [-0.05, 0) is 31.5 Å². The zero-order valence-corrected chi connectivity index (χ0v) is 11.8. The van der Waals surface area contributed by atoms with Crippen LogP contribution in [0.25, 0.3) is 0 Å². The Balaban J connectivity index is 3.22. The summed E-state index contributed by atoms with van der Waals surface area (Å²) in [5.74, 6) is 0. The molecule has 0 radical (unpaired) electrons. The number of alkyl halides is 4. The Bertz CT molecular complexity index is 556. The molecule has 0 spiro atoms. The Morgan fingerprint density at radius 3 is 2.42 bits per heavy atom. The molecule has 8 heteroatoms. The van der Waals surface area contributed by atoms with Gasteiger partial charge in [0, 0.05) is 11.9 Å². The molecule has 3 nitrogen and oxygen atoms in total. The molecule has 0 bridgehead atoms. The molecule has 0 aliphatic rings. The molecule has 108 valence electrons. The topological polar surface area (TPSA) is 46.2 Å². The molecule has 0 saturated carbocycles. The Hall–Kier alpha value is -0.790. The highest BCUT2D eigenvalue weighted by Gasteiger charge is 2.34. The molecule has 1 unspecified atom stereocenters. The van der Waals surface area contributed by atoms with Crippen molar-refractivity contribution in [2.45, 2.75) is 30.3 Å². The number of rotatable bonds is 4. The Morgan fingerprint density at radius 1 is 1.37 bits per heavy atom. The Kier molecular flexibility index (Phi) is 4.86. The first kappa shape index (κ1) is 16.3. The number of halogens is 4. The van der Waals surface area contributed by atoms with Gasteiger partial charge in [-0.25, -0.2) is 13.1 Å². The average Bonchev–Trinajstić information content (AvgIpc) is 2.25. The van der Waals surface area contributed by atoms with Gasteiger partial charge in [-0.3, -0.25) is 0 Å². The molecule has 1 aromatic rings. The smallest absolute Gasteiger partial charge is 0.210 e.